The molecular weight excluding hydrogens is 224 g/mol. The van der Waals surface area contributed by atoms with E-state index in [1.54, 1.807) is 0 Å². The Balaban J connectivity index is 2.40. The van der Waals surface area contributed by atoms with Gasteiger partial charge >= 0.3 is 0 Å². The van der Waals surface area contributed by atoms with Crippen molar-refractivity contribution in [2.45, 2.75) is 46.1 Å². The maximum atomic E-state index is 5.62. The molecule has 0 bridgehead atoms. The molecule has 1 aromatic rings. The van der Waals surface area contributed by atoms with E-state index in [0.29, 0.717) is 12.6 Å². The van der Waals surface area contributed by atoms with Gasteiger partial charge in [-0.3, -0.25) is 0 Å². The van der Waals surface area contributed by atoms with Gasteiger partial charge in [0.05, 0.1) is 6.33 Å². The zero-order valence-electron chi connectivity index (χ0n) is 12.1. The standard InChI is InChI=1S/C14H28N4/c1-4-17(5-2)10-6-7-13(3)18-12-16-11-14(18)8-9-15/h11-13H,4-10,15H2,1-3H3. The topological polar surface area (TPSA) is 47.1 Å². The molecule has 1 heterocycles. The lowest BCUT2D eigenvalue weighted by Gasteiger charge is -2.20. The van der Waals surface area contributed by atoms with Crippen LogP contribution >= 0.6 is 0 Å². The molecule has 0 aliphatic carbocycles. The molecule has 2 N–H and O–H groups in total. The highest BCUT2D eigenvalue weighted by Crippen LogP contribution is 2.16. The van der Waals surface area contributed by atoms with Crippen LogP contribution in [0.1, 0.15) is 45.3 Å². The smallest absolute Gasteiger partial charge is 0.0950 e. The van der Waals surface area contributed by atoms with Gasteiger partial charge in [-0.15, -0.1) is 0 Å². The van der Waals surface area contributed by atoms with E-state index in [4.69, 9.17) is 5.73 Å². The fourth-order valence-electron chi connectivity index (χ4n) is 2.36. The van der Waals surface area contributed by atoms with E-state index in [1.807, 2.05) is 12.5 Å². The Morgan fingerprint density at radius 2 is 2.11 bits per heavy atom. The van der Waals surface area contributed by atoms with Gasteiger partial charge in [-0.1, -0.05) is 13.8 Å². The van der Waals surface area contributed by atoms with Crippen molar-refractivity contribution in [3.63, 3.8) is 0 Å². The molecule has 0 saturated carbocycles. The lowest BCUT2D eigenvalue weighted by molar-refractivity contribution is 0.287. The average Bonchev–Trinajstić information content (AvgIpc) is 2.83. The Labute approximate surface area is 111 Å². The number of nitrogens with zero attached hydrogens (tertiary/aromatic N) is 3. The number of aromatic nitrogens is 2. The Morgan fingerprint density at radius 3 is 2.72 bits per heavy atom. The second-order valence-corrected chi connectivity index (χ2v) is 4.85. The quantitative estimate of drug-likeness (QED) is 0.732. The predicted octanol–water partition coefficient (Wildman–Crippen LogP) is 2.07. The number of hydrogen-bond donors (Lipinski definition) is 1. The van der Waals surface area contributed by atoms with E-state index in [2.05, 4.69) is 35.2 Å². The number of imidazole rings is 1. The molecule has 1 rings (SSSR count). The first-order chi connectivity index (χ1) is 8.72. The maximum Gasteiger partial charge on any atom is 0.0950 e. The van der Waals surface area contributed by atoms with E-state index in [-0.39, 0.29) is 0 Å². The van der Waals surface area contributed by atoms with Crippen LogP contribution in [-0.4, -0.2) is 40.6 Å². The lowest BCUT2D eigenvalue weighted by atomic mass is 10.1. The first kappa shape index (κ1) is 15.2. The highest BCUT2D eigenvalue weighted by atomic mass is 15.1. The average molecular weight is 252 g/mol. The van der Waals surface area contributed by atoms with Gasteiger partial charge in [0.1, 0.15) is 0 Å². The van der Waals surface area contributed by atoms with Crippen LogP contribution in [0.3, 0.4) is 0 Å². The molecule has 0 saturated heterocycles. The van der Waals surface area contributed by atoms with Gasteiger partial charge in [0, 0.05) is 24.4 Å². The molecule has 18 heavy (non-hydrogen) atoms. The molecule has 0 spiro atoms. The van der Waals surface area contributed by atoms with E-state index >= 15 is 0 Å². The molecule has 1 aromatic heterocycles. The minimum Gasteiger partial charge on any atom is -0.332 e. The number of hydrogen-bond acceptors (Lipinski definition) is 3. The van der Waals surface area contributed by atoms with Crippen molar-refractivity contribution in [2.75, 3.05) is 26.2 Å². The normalized spacial score (nSPS) is 13.2. The molecule has 1 unspecified atom stereocenters. The van der Waals surface area contributed by atoms with E-state index in [1.165, 1.54) is 25.1 Å². The third-order valence-corrected chi connectivity index (χ3v) is 3.61. The maximum absolute atomic E-state index is 5.62. The fraction of sp³-hybridized carbons (Fsp3) is 0.786. The zero-order chi connectivity index (χ0) is 13.4. The summed E-state index contributed by atoms with van der Waals surface area (Å²) in [7, 11) is 0. The Morgan fingerprint density at radius 1 is 1.39 bits per heavy atom. The summed E-state index contributed by atoms with van der Waals surface area (Å²) in [5, 5.41) is 0. The summed E-state index contributed by atoms with van der Waals surface area (Å²) in [5.41, 5.74) is 6.87. The van der Waals surface area contributed by atoms with Gasteiger partial charge < -0.3 is 15.2 Å². The largest absolute Gasteiger partial charge is 0.332 e. The summed E-state index contributed by atoms with van der Waals surface area (Å²) < 4.78 is 2.27. The first-order valence-corrected chi connectivity index (χ1v) is 7.16. The summed E-state index contributed by atoms with van der Waals surface area (Å²) in [6, 6.07) is 0.518. The summed E-state index contributed by atoms with van der Waals surface area (Å²) >= 11 is 0. The van der Waals surface area contributed by atoms with Gasteiger partial charge in [0.2, 0.25) is 0 Å². The minimum atomic E-state index is 0.518. The van der Waals surface area contributed by atoms with Crippen molar-refractivity contribution in [1.82, 2.24) is 14.5 Å². The van der Waals surface area contributed by atoms with Gasteiger partial charge in [-0.2, -0.15) is 0 Å². The van der Waals surface area contributed by atoms with Crippen LogP contribution < -0.4 is 5.73 Å². The third-order valence-electron chi connectivity index (χ3n) is 3.61. The Hall–Kier alpha value is -0.870. The zero-order valence-corrected chi connectivity index (χ0v) is 12.1. The van der Waals surface area contributed by atoms with Crippen LogP contribution in [0.25, 0.3) is 0 Å². The van der Waals surface area contributed by atoms with Crippen LogP contribution in [-0.2, 0) is 6.42 Å². The van der Waals surface area contributed by atoms with Crippen molar-refractivity contribution in [3.05, 3.63) is 18.2 Å². The third kappa shape index (κ3) is 4.42. The second-order valence-electron chi connectivity index (χ2n) is 4.85. The molecule has 104 valence electrons. The predicted molar refractivity (Wildman–Crippen MR) is 76.7 cm³/mol. The van der Waals surface area contributed by atoms with Crippen LogP contribution in [0.4, 0.5) is 0 Å². The summed E-state index contributed by atoms with van der Waals surface area (Å²) in [5.74, 6) is 0. The molecule has 1 atom stereocenters. The summed E-state index contributed by atoms with van der Waals surface area (Å²) in [6.07, 6.45) is 7.23. The number of nitrogens with two attached hydrogens (primary N) is 1. The molecule has 4 nitrogen and oxygen atoms in total. The Bertz CT molecular complexity index is 317. The molecule has 0 aliphatic heterocycles. The van der Waals surface area contributed by atoms with Crippen LogP contribution in [0, 0.1) is 0 Å². The molecular formula is C14H28N4. The highest BCUT2D eigenvalue weighted by Gasteiger charge is 2.09. The van der Waals surface area contributed by atoms with Crippen molar-refractivity contribution >= 4 is 0 Å². The first-order valence-electron chi connectivity index (χ1n) is 7.16. The molecule has 0 amide bonds. The van der Waals surface area contributed by atoms with Gasteiger partial charge in [-0.05, 0) is 45.9 Å². The molecule has 0 fully saturated rings. The van der Waals surface area contributed by atoms with E-state index in [9.17, 15) is 0 Å². The molecule has 0 radical (unpaired) electrons. The summed E-state index contributed by atoms with van der Waals surface area (Å²) in [6.45, 7) is 10.9. The van der Waals surface area contributed by atoms with Crippen LogP contribution in [0.15, 0.2) is 12.5 Å². The van der Waals surface area contributed by atoms with Crippen molar-refractivity contribution in [1.29, 1.82) is 0 Å². The summed E-state index contributed by atoms with van der Waals surface area (Å²) in [4.78, 5) is 6.71. The van der Waals surface area contributed by atoms with E-state index in [0.717, 1.165) is 19.5 Å². The SMILES string of the molecule is CCN(CC)CCCC(C)n1cncc1CCN. The van der Waals surface area contributed by atoms with Gasteiger partial charge in [0.25, 0.3) is 0 Å². The van der Waals surface area contributed by atoms with Crippen LogP contribution in [0.2, 0.25) is 0 Å². The van der Waals surface area contributed by atoms with E-state index < -0.39 is 0 Å². The second kappa shape index (κ2) is 8.27. The molecule has 4 heteroatoms. The van der Waals surface area contributed by atoms with Gasteiger partial charge in [-0.25, -0.2) is 4.98 Å². The lowest BCUT2D eigenvalue weighted by Crippen LogP contribution is -2.24. The van der Waals surface area contributed by atoms with Crippen molar-refractivity contribution < 1.29 is 0 Å². The minimum absolute atomic E-state index is 0.518. The fourth-order valence-corrected chi connectivity index (χ4v) is 2.36. The molecule has 0 aromatic carbocycles. The van der Waals surface area contributed by atoms with Crippen molar-refractivity contribution in [2.24, 2.45) is 5.73 Å². The number of rotatable bonds is 9. The monoisotopic (exact) mass is 252 g/mol. The molecule has 0 aliphatic rings. The van der Waals surface area contributed by atoms with Crippen LogP contribution in [0.5, 0.6) is 0 Å². The highest BCUT2D eigenvalue weighted by molar-refractivity contribution is 5.00. The van der Waals surface area contributed by atoms with Crippen molar-refractivity contribution in [3.8, 4) is 0 Å². The van der Waals surface area contributed by atoms with Gasteiger partial charge in [0.15, 0.2) is 0 Å². The Kier molecular flexibility index (Phi) is 6.98.